The molecule has 0 radical (unpaired) electrons. The highest BCUT2D eigenvalue weighted by molar-refractivity contribution is 7.45. The molecule has 0 aliphatic carbocycles. The van der Waals surface area contributed by atoms with Gasteiger partial charge >= 0.3 is 11.9 Å². The fourth-order valence-corrected chi connectivity index (χ4v) is 11.2. The van der Waals surface area contributed by atoms with Crippen molar-refractivity contribution < 1.29 is 42.1 Å². The first-order chi connectivity index (χ1) is 38.0. The summed E-state index contributed by atoms with van der Waals surface area (Å²) < 4.78 is 34.3. The number of nitrogens with zero attached hydrogens (tertiary/aromatic N) is 1. The number of likely N-dealkylation sites (N-methyl/N-ethyl adjacent to an activating group) is 1. The van der Waals surface area contributed by atoms with Crippen LogP contribution >= 0.6 is 7.82 Å². The summed E-state index contributed by atoms with van der Waals surface area (Å²) >= 11 is 0. The van der Waals surface area contributed by atoms with Gasteiger partial charge in [0.15, 0.2) is 6.10 Å². The zero-order chi connectivity index (χ0) is 57.0. The summed E-state index contributed by atoms with van der Waals surface area (Å²) in [5, 5.41) is 0. The molecular formula is C68H134NO8P. The SMILES string of the molecule is CCCCCCCCCC/C=C\CCCCCCCCCCCCCCCCCCCCCCCCCC(=O)OC(COC(=O)CCCCCCCCCCCCCCCCCCCCC)COP(=O)([O-])OCC[N+](C)(C)C. The Morgan fingerprint density at radius 1 is 0.385 bits per heavy atom. The Morgan fingerprint density at radius 3 is 0.949 bits per heavy atom. The minimum absolute atomic E-state index is 0.0257. The van der Waals surface area contributed by atoms with Gasteiger partial charge in [-0.2, -0.15) is 0 Å². The van der Waals surface area contributed by atoms with Crippen LogP contribution in [0.25, 0.3) is 0 Å². The average molecular weight is 1120 g/mol. The van der Waals surface area contributed by atoms with E-state index in [9.17, 15) is 19.0 Å². The third-order valence-electron chi connectivity index (χ3n) is 15.8. The minimum atomic E-state index is -4.63. The maximum atomic E-state index is 12.8. The maximum Gasteiger partial charge on any atom is 0.306 e. The van der Waals surface area contributed by atoms with E-state index in [2.05, 4.69) is 26.0 Å². The first-order valence-corrected chi connectivity index (χ1v) is 35.9. The number of hydrogen-bond donors (Lipinski definition) is 0. The summed E-state index contributed by atoms with van der Waals surface area (Å²) in [6, 6.07) is 0. The third-order valence-corrected chi connectivity index (χ3v) is 16.7. The van der Waals surface area contributed by atoms with Crippen LogP contribution in [0, 0.1) is 0 Å². The number of carbonyl (C=O) groups is 2. The zero-order valence-corrected chi connectivity index (χ0v) is 53.8. The third kappa shape index (κ3) is 63.9. The molecule has 0 fully saturated rings. The normalized spacial score (nSPS) is 13.2. The second kappa shape index (κ2) is 60.3. The van der Waals surface area contributed by atoms with Crippen LogP contribution in [0.4, 0.5) is 0 Å². The van der Waals surface area contributed by atoms with E-state index in [1.165, 1.54) is 295 Å². The van der Waals surface area contributed by atoms with Crippen molar-refractivity contribution in [2.24, 2.45) is 0 Å². The summed E-state index contributed by atoms with van der Waals surface area (Å²) in [4.78, 5) is 38.0. The van der Waals surface area contributed by atoms with Crippen molar-refractivity contribution in [1.29, 1.82) is 0 Å². The van der Waals surface area contributed by atoms with Gasteiger partial charge in [-0.1, -0.05) is 321 Å². The lowest BCUT2D eigenvalue weighted by atomic mass is 10.0. The van der Waals surface area contributed by atoms with E-state index in [1.807, 2.05) is 21.1 Å². The number of esters is 2. The van der Waals surface area contributed by atoms with Crippen LogP contribution < -0.4 is 4.89 Å². The molecule has 10 heteroatoms. The van der Waals surface area contributed by atoms with Gasteiger partial charge < -0.3 is 27.9 Å². The van der Waals surface area contributed by atoms with E-state index in [0.717, 1.165) is 32.1 Å². The van der Waals surface area contributed by atoms with Crippen molar-refractivity contribution in [3.05, 3.63) is 12.2 Å². The summed E-state index contributed by atoms with van der Waals surface area (Å²) in [5.74, 6) is -0.807. The van der Waals surface area contributed by atoms with Gasteiger partial charge in [-0.3, -0.25) is 14.2 Å². The number of unbranched alkanes of at least 4 members (excludes halogenated alkanes) is 49. The molecule has 0 aromatic heterocycles. The zero-order valence-electron chi connectivity index (χ0n) is 52.9. The van der Waals surface area contributed by atoms with Gasteiger partial charge in [-0.05, 0) is 38.5 Å². The summed E-state index contributed by atoms with van der Waals surface area (Å²) in [6.45, 7) is 4.32. The van der Waals surface area contributed by atoms with Gasteiger partial charge in [-0.25, -0.2) is 0 Å². The van der Waals surface area contributed by atoms with Crippen LogP contribution in [-0.4, -0.2) is 70.0 Å². The Morgan fingerprint density at radius 2 is 0.654 bits per heavy atom. The number of ether oxygens (including phenoxy) is 2. The number of phosphoric acid groups is 1. The summed E-state index contributed by atoms with van der Waals surface area (Å²) in [6.07, 6.45) is 73.0. The molecular weight excluding hydrogens is 990 g/mol. The standard InChI is InChI=1S/C68H134NO8P/c1-6-8-10-12-14-16-18-20-22-24-26-27-28-29-30-31-32-33-34-35-36-37-38-39-40-41-43-45-47-49-51-53-55-57-59-61-68(71)77-66(65-76-78(72,73)75-63-62-69(3,4)5)64-74-67(70)60-58-56-54-52-50-48-46-44-42-25-23-21-19-17-15-13-11-9-7-2/h24,26,66H,6-23,25,27-65H2,1-5H3/b26-24-. The largest absolute Gasteiger partial charge is 0.756 e. The number of rotatable bonds is 65. The second-order valence-electron chi connectivity index (χ2n) is 24.9. The molecule has 464 valence electrons. The summed E-state index contributed by atoms with van der Waals surface area (Å²) in [5.41, 5.74) is 0. The molecule has 0 aromatic carbocycles. The van der Waals surface area contributed by atoms with Crippen molar-refractivity contribution >= 4 is 19.8 Å². The molecule has 0 saturated carbocycles. The molecule has 0 spiro atoms. The number of quaternary nitrogens is 1. The predicted octanol–water partition coefficient (Wildman–Crippen LogP) is 21.3. The molecule has 0 rings (SSSR count). The summed E-state index contributed by atoms with van der Waals surface area (Å²) in [7, 11) is 1.19. The Hall–Kier alpha value is -1.25. The first-order valence-electron chi connectivity index (χ1n) is 34.4. The number of hydrogen-bond acceptors (Lipinski definition) is 8. The van der Waals surface area contributed by atoms with Gasteiger partial charge in [0.05, 0.1) is 27.7 Å². The average Bonchev–Trinajstić information content (AvgIpc) is 3.41. The molecule has 78 heavy (non-hydrogen) atoms. The van der Waals surface area contributed by atoms with Gasteiger partial charge in [0.1, 0.15) is 19.8 Å². The van der Waals surface area contributed by atoms with Crippen LogP contribution in [-0.2, 0) is 32.7 Å². The Kier molecular flexibility index (Phi) is 59.4. The van der Waals surface area contributed by atoms with Crippen LogP contribution in [0.2, 0.25) is 0 Å². The maximum absolute atomic E-state index is 12.8. The Bertz CT molecular complexity index is 1320. The number of allylic oxidation sites excluding steroid dienone is 2. The fourth-order valence-electron chi connectivity index (χ4n) is 10.5. The first kappa shape index (κ1) is 76.8. The quantitative estimate of drug-likeness (QED) is 0.0195. The van der Waals surface area contributed by atoms with Crippen LogP contribution in [0.3, 0.4) is 0 Å². The highest BCUT2D eigenvalue weighted by atomic mass is 31.2. The highest BCUT2D eigenvalue weighted by Gasteiger charge is 2.22. The topological polar surface area (TPSA) is 111 Å². The van der Waals surface area contributed by atoms with E-state index < -0.39 is 26.5 Å². The van der Waals surface area contributed by atoms with Gasteiger partial charge in [0.2, 0.25) is 0 Å². The Labute approximate surface area is 486 Å². The van der Waals surface area contributed by atoms with Crippen molar-refractivity contribution in [1.82, 2.24) is 0 Å². The number of phosphoric ester groups is 1. The van der Waals surface area contributed by atoms with E-state index in [0.29, 0.717) is 17.4 Å². The lowest BCUT2D eigenvalue weighted by Gasteiger charge is -2.28. The van der Waals surface area contributed by atoms with Crippen LogP contribution in [0.15, 0.2) is 12.2 Å². The molecule has 0 bridgehead atoms. The van der Waals surface area contributed by atoms with E-state index in [4.69, 9.17) is 18.5 Å². The molecule has 2 unspecified atom stereocenters. The lowest BCUT2D eigenvalue weighted by Crippen LogP contribution is -2.37. The van der Waals surface area contributed by atoms with E-state index in [1.54, 1.807) is 0 Å². The van der Waals surface area contributed by atoms with E-state index >= 15 is 0 Å². The van der Waals surface area contributed by atoms with Gasteiger partial charge in [-0.15, -0.1) is 0 Å². The second-order valence-corrected chi connectivity index (χ2v) is 26.3. The van der Waals surface area contributed by atoms with Crippen molar-refractivity contribution in [3.63, 3.8) is 0 Å². The molecule has 0 saturated heterocycles. The molecule has 0 aliphatic heterocycles. The van der Waals surface area contributed by atoms with Crippen molar-refractivity contribution in [2.45, 2.75) is 367 Å². The van der Waals surface area contributed by atoms with Crippen molar-refractivity contribution in [2.75, 3.05) is 47.5 Å². The van der Waals surface area contributed by atoms with E-state index in [-0.39, 0.29) is 32.0 Å². The Balaban J connectivity index is 3.93. The fraction of sp³-hybridized carbons (Fsp3) is 0.941. The number of carbonyl (C=O) groups excluding carboxylic acids is 2. The van der Waals surface area contributed by atoms with Crippen LogP contribution in [0.5, 0.6) is 0 Å². The molecule has 9 nitrogen and oxygen atoms in total. The molecule has 2 atom stereocenters. The highest BCUT2D eigenvalue weighted by Crippen LogP contribution is 2.38. The smallest absolute Gasteiger partial charge is 0.306 e. The molecule has 0 amide bonds. The van der Waals surface area contributed by atoms with Crippen molar-refractivity contribution in [3.8, 4) is 0 Å². The minimum Gasteiger partial charge on any atom is -0.756 e. The molecule has 0 heterocycles. The van der Waals surface area contributed by atoms with Gasteiger partial charge in [0.25, 0.3) is 7.82 Å². The predicted molar refractivity (Wildman–Crippen MR) is 333 cm³/mol. The molecule has 0 aliphatic rings. The lowest BCUT2D eigenvalue weighted by molar-refractivity contribution is -0.870. The van der Waals surface area contributed by atoms with Gasteiger partial charge in [0, 0.05) is 12.8 Å². The molecule has 0 N–H and O–H groups in total. The molecule has 0 aromatic rings. The monoisotopic (exact) mass is 1120 g/mol. The van der Waals surface area contributed by atoms with Crippen LogP contribution in [0.1, 0.15) is 361 Å².